The number of hydrogen-bond donors (Lipinski definition) is 0. The molecule has 1 atom stereocenters. The number of fused-ring (bicyclic) bond motifs is 1. The molecule has 5 heteroatoms. The second kappa shape index (κ2) is 4.58. The molecule has 1 unspecified atom stereocenters. The number of rotatable bonds is 2. The van der Waals surface area contributed by atoms with E-state index in [1.165, 1.54) is 10.4 Å². The molecule has 0 bridgehead atoms. The van der Waals surface area contributed by atoms with Gasteiger partial charge in [0.15, 0.2) is 0 Å². The molecule has 1 aromatic heterocycles. The molecule has 2 aliphatic heterocycles. The van der Waals surface area contributed by atoms with E-state index in [1.807, 2.05) is 9.80 Å². The standard InChI is InChI=1S/C15H18N2O2S/c18-14-7-11(9-17(14)12-1-2-12)15(19)16-5-3-13-10(8-16)4-6-20-13/h4,6,11-12H,1-3,5,7-9H2. The van der Waals surface area contributed by atoms with Crippen LogP contribution in [0.4, 0.5) is 0 Å². The Morgan fingerprint density at radius 2 is 2.20 bits per heavy atom. The van der Waals surface area contributed by atoms with Crippen molar-refractivity contribution in [3.8, 4) is 0 Å². The first-order chi connectivity index (χ1) is 9.72. The molecule has 4 nitrogen and oxygen atoms in total. The van der Waals surface area contributed by atoms with Gasteiger partial charge in [-0.15, -0.1) is 11.3 Å². The zero-order chi connectivity index (χ0) is 13.7. The van der Waals surface area contributed by atoms with E-state index in [0.29, 0.717) is 19.0 Å². The molecule has 106 valence electrons. The number of hydrogen-bond acceptors (Lipinski definition) is 3. The lowest BCUT2D eigenvalue weighted by Gasteiger charge is -2.29. The summed E-state index contributed by atoms with van der Waals surface area (Å²) in [7, 11) is 0. The van der Waals surface area contributed by atoms with Crippen molar-refractivity contribution in [3.63, 3.8) is 0 Å². The number of nitrogens with zero attached hydrogens (tertiary/aromatic N) is 2. The van der Waals surface area contributed by atoms with Gasteiger partial charge >= 0.3 is 0 Å². The molecule has 0 radical (unpaired) electrons. The van der Waals surface area contributed by atoms with Gasteiger partial charge in [-0.05, 0) is 36.3 Å². The minimum Gasteiger partial charge on any atom is -0.339 e. The first-order valence-corrected chi connectivity index (χ1v) is 8.24. The summed E-state index contributed by atoms with van der Waals surface area (Å²) in [5, 5.41) is 2.10. The van der Waals surface area contributed by atoms with Gasteiger partial charge in [-0.2, -0.15) is 0 Å². The lowest BCUT2D eigenvalue weighted by molar-refractivity contribution is -0.136. The van der Waals surface area contributed by atoms with Gasteiger partial charge < -0.3 is 9.80 Å². The van der Waals surface area contributed by atoms with Crippen LogP contribution in [-0.4, -0.2) is 40.7 Å². The SMILES string of the molecule is O=C(C1CC(=O)N(C2CC2)C1)N1CCc2sccc2C1. The number of thiophene rings is 1. The Bertz CT molecular complexity index is 564. The lowest BCUT2D eigenvalue weighted by atomic mass is 10.0. The maximum Gasteiger partial charge on any atom is 0.228 e. The predicted molar refractivity (Wildman–Crippen MR) is 76.3 cm³/mol. The fourth-order valence-electron chi connectivity index (χ4n) is 3.33. The van der Waals surface area contributed by atoms with Crippen LogP contribution in [0.15, 0.2) is 11.4 Å². The minimum atomic E-state index is -0.108. The maximum absolute atomic E-state index is 12.6. The highest BCUT2D eigenvalue weighted by Crippen LogP contribution is 2.34. The number of likely N-dealkylation sites (tertiary alicyclic amines) is 1. The predicted octanol–water partition coefficient (Wildman–Crippen LogP) is 1.64. The van der Waals surface area contributed by atoms with E-state index in [0.717, 1.165) is 32.4 Å². The molecule has 2 fully saturated rings. The smallest absolute Gasteiger partial charge is 0.228 e. The normalized spacial score (nSPS) is 26.0. The average molecular weight is 290 g/mol. The van der Waals surface area contributed by atoms with Crippen molar-refractivity contribution in [2.45, 2.75) is 38.3 Å². The van der Waals surface area contributed by atoms with Crippen LogP contribution in [-0.2, 0) is 22.6 Å². The molecule has 4 rings (SSSR count). The van der Waals surface area contributed by atoms with Crippen LogP contribution in [0.3, 0.4) is 0 Å². The van der Waals surface area contributed by atoms with Crippen LogP contribution < -0.4 is 0 Å². The molecule has 3 heterocycles. The van der Waals surface area contributed by atoms with Crippen LogP contribution in [0.2, 0.25) is 0 Å². The maximum atomic E-state index is 12.6. The third-order valence-corrected chi connectivity index (χ3v) is 5.64. The Balaban J connectivity index is 1.45. The van der Waals surface area contributed by atoms with Crippen LogP contribution in [0.5, 0.6) is 0 Å². The van der Waals surface area contributed by atoms with Crippen molar-refractivity contribution in [3.05, 3.63) is 21.9 Å². The largest absolute Gasteiger partial charge is 0.339 e. The van der Waals surface area contributed by atoms with E-state index >= 15 is 0 Å². The summed E-state index contributed by atoms with van der Waals surface area (Å²) in [5.74, 6) is 0.251. The van der Waals surface area contributed by atoms with Crippen LogP contribution >= 0.6 is 11.3 Å². The van der Waals surface area contributed by atoms with Gasteiger partial charge in [0, 0.05) is 37.0 Å². The summed E-state index contributed by atoms with van der Waals surface area (Å²) in [6, 6.07) is 2.56. The van der Waals surface area contributed by atoms with Crippen molar-refractivity contribution in [1.82, 2.24) is 9.80 Å². The highest BCUT2D eigenvalue weighted by Gasteiger charge is 2.43. The third-order valence-electron chi connectivity index (χ3n) is 4.61. The summed E-state index contributed by atoms with van der Waals surface area (Å²) < 4.78 is 0. The fourth-order valence-corrected chi connectivity index (χ4v) is 4.22. The second-order valence-corrected chi connectivity index (χ2v) is 7.06. The molecule has 2 amide bonds. The van der Waals surface area contributed by atoms with E-state index < -0.39 is 0 Å². The van der Waals surface area contributed by atoms with Crippen molar-refractivity contribution < 1.29 is 9.59 Å². The number of carbonyl (C=O) groups is 2. The molecule has 1 aliphatic carbocycles. The summed E-state index contributed by atoms with van der Waals surface area (Å²) in [4.78, 5) is 29.9. The van der Waals surface area contributed by atoms with Crippen LogP contribution in [0.1, 0.15) is 29.7 Å². The molecule has 1 aromatic rings. The average Bonchev–Trinajstić information content (AvgIpc) is 3.06. The second-order valence-electron chi connectivity index (χ2n) is 6.06. The highest BCUT2D eigenvalue weighted by atomic mass is 32.1. The molecule has 0 spiro atoms. The Labute approximate surface area is 122 Å². The Morgan fingerprint density at radius 1 is 1.35 bits per heavy atom. The van der Waals surface area contributed by atoms with Crippen LogP contribution in [0.25, 0.3) is 0 Å². The van der Waals surface area contributed by atoms with Crippen molar-refractivity contribution in [2.75, 3.05) is 13.1 Å². The fraction of sp³-hybridized carbons (Fsp3) is 0.600. The Morgan fingerprint density at radius 3 is 3.00 bits per heavy atom. The topological polar surface area (TPSA) is 40.6 Å². The van der Waals surface area contributed by atoms with E-state index in [-0.39, 0.29) is 17.7 Å². The molecule has 1 saturated carbocycles. The van der Waals surface area contributed by atoms with E-state index in [4.69, 9.17) is 0 Å². The van der Waals surface area contributed by atoms with Crippen molar-refractivity contribution in [1.29, 1.82) is 0 Å². The van der Waals surface area contributed by atoms with E-state index in [9.17, 15) is 9.59 Å². The number of amides is 2. The first-order valence-electron chi connectivity index (χ1n) is 7.36. The first kappa shape index (κ1) is 12.4. The van der Waals surface area contributed by atoms with Crippen molar-refractivity contribution in [2.24, 2.45) is 5.92 Å². The number of carbonyl (C=O) groups excluding carboxylic acids is 2. The van der Waals surface area contributed by atoms with Gasteiger partial charge in [0.05, 0.1) is 5.92 Å². The van der Waals surface area contributed by atoms with Gasteiger partial charge in [-0.1, -0.05) is 0 Å². The van der Waals surface area contributed by atoms with Gasteiger partial charge in [0.1, 0.15) is 0 Å². The zero-order valence-electron chi connectivity index (χ0n) is 11.4. The molecule has 3 aliphatic rings. The van der Waals surface area contributed by atoms with Gasteiger partial charge in [-0.25, -0.2) is 0 Å². The summed E-state index contributed by atoms with van der Waals surface area (Å²) in [6.07, 6.45) is 3.62. The third kappa shape index (κ3) is 2.04. The van der Waals surface area contributed by atoms with Crippen LogP contribution in [0, 0.1) is 5.92 Å². The quantitative estimate of drug-likeness (QED) is 0.831. The van der Waals surface area contributed by atoms with Gasteiger partial charge in [0.25, 0.3) is 0 Å². The summed E-state index contributed by atoms with van der Waals surface area (Å²) in [6.45, 7) is 2.18. The Kier molecular flexibility index (Phi) is 2.84. The van der Waals surface area contributed by atoms with Gasteiger partial charge in [-0.3, -0.25) is 9.59 Å². The lowest BCUT2D eigenvalue weighted by Crippen LogP contribution is -2.40. The highest BCUT2D eigenvalue weighted by molar-refractivity contribution is 7.10. The van der Waals surface area contributed by atoms with E-state index in [1.54, 1.807) is 11.3 Å². The molecule has 0 aromatic carbocycles. The molecule has 1 saturated heterocycles. The monoisotopic (exact) mass is 290 g/mol. The molecular weight excluding hydrogens is 272 g/mol. The van der Waals surface area contributed by atoms with E-state index in [2.05, 4.69) is 11.4 Å². The minimum absolute atomic E-state index is 0.108. The summed E-state index contributed by atoms with van der Waals surface area (Å²) >= 11 is 1.78. The molecular formula is C15H18N2O2S. The molecule has 20 heavy (non-hydrogen) atoms. The molecule has 0 N–H and O–H groups in total. The Hall–Kier alpha value is -1.36. The summed E-state index contributed by atoms with van der Waals surface area (Å²) in [5.41, 5.74) is 1.29. The zero-order valence-corrected chi connectivity index (χ0v) is 12.2. The van der Waals surface area contributed by atoms with Gasteiger partial charge in [0.2, 0.25) is 11.8 Å². The van der Waals surface area contributed by atoms with Crippen molar-refractivity contribution >= 4 is 23.2 Å².